The highest BCUT2D eigenvalue weighted by Gasteiger charge is 2.61. The fourth-order valence-corrected chi connectivity index (χ4v) is 7.94. The highest BCUT2D eigenvalue weighted by molar-refractivity contribution is 5.91. The molecule has 0 aromatic heterocycles. The molecule has 0 amide bonds. The van der Waals surface area contributed by atoms with Crippen molar-refractivity contribution in [3.63, 3.8) is 0 Å². The molecule has 0 N–H and O–H groups in total. The zero-order chi connectivity index (χ0) is 18.0. The van der Waals surface area contributed by atoms with E-state index in [2.05, 4.69) is 20.8 Å². The van der Waals surface area contributed by atoms with E-state index in [1.165, 1.54) is 31.3 Å². The maximum Gasteiger partial charge on any atom is 0.155 e. The average Bonchev–Trinajstić information content (AvgIpc) is 2.88. The molecule has 3 saturated carbocycles. The van der Waals surface area contributed by atoms with Crippen LogP contribution in [-0.2, 0) is 9.59 Å². The third kappa shape index (κ3) is 2.35. The van der Waals surface area contributed by atoms with E-state index in [9.17, 15) is 9.59 Å². The molecule has 25 heavy (non-hydrogen) atoms. The fourth-order valence-electron chi connectivity index (χ4n) is 7.94. The SMILES string of the molecule is CC[C@H]1C[C@H]2[C@@H]3CCC4=CC(=O)CC[C@@]4(C)[C@@H]3CC[C@@]2(C)[C@@H]1C(C)=O. The molecular formula is C23H34O2. The normalized spacial score (nSPS) is 49.0. The highest BCUT2D eigenvalue weighted by Crippen LogP contribution is 2.68. The van der Waals surface area contributed by atoms with Crippen LogP contribution in [-0.4, -0.2) is 11.6 Å². The smallest absolute Gasteiger partial charge is 0.155 e. The summed E-state index contributed by atoms with van der Waals surface area (Å²) in [5.41, 5.74) is 1.91. The topological polar surface area (TPSA) is 34.1 Å². The van der Waals surface area contributed by atoms with Gasteiger partial charge in [0, 0.05) is 12.3 Å². The first-order chi connectivity index (χ1) is 11.8. The molecule has 4 rings (SSSR count). The van der Waals surface area contributed by atoms with Crippen molar-refractivity contribution in [1.29, 1.82) is 0 Å². The van der Waals surface area contributed by atoms with Gasteiger partial charge in [-0.1, -0.05) is 32.8 Å². The lowest BCUT2D eigenvalue weighted by atomic mass is 9.46. The number of ketones is 2. The van der Waals surface area contributed by atoms with Gasteiger partial charge < -0.3 is 0 Å². The number of hydrogen-bond donors (Lipinski definition) is 0. The molecule has 2 heteroatoms. The number of rotatable bonds is 2. The number of hydrogen-bond acceptors (Lipinski definition) is 2. The number of Topliss-reactive ketones (excluding diaryl/α,β-unsaturated/α-hetero) is 1. The summed E-state index contributed by atoms with van der Waals surface area (Å²) in [6.45, 7) is 8.99. The molecule has 0 saturated heterocycles. The van der Waals surface area contributed by atoms with E-state index in [1.54, 1.807) is 0 Å². The van der Waals surface area contributed by atoms with E-state index in [0.717, 1.165) is 37.5 Å². The average molecular weight is 343 g/mol. The van der Waals surface area contributed by atoms with Crippen molar-refractivity contribution in [2.45, 2.75) is 79.1 Å². The molecule has 2 nitrogen and oxygen atoms in total. The summed E-state index contributed by atoms with van der Waals surface area (Å²) in [5, 5.41) is 0. The van der Waals surface area contributed by atoms with Crippen LogP contribution in [0, 0.1) is 40.4 Å². The third-order valence-corrected chi connectivity index (χ3v) is 9.10. The van der Waals surface area contributed by atoms with E-state index in [0.29, 0.717) is 23.4 Å². The summed E-state index contributed by atoms with van der Waals surface area (Å²) in [6, 6.07) is 0. The van der Waals surface area contributed by atoms with Crippen LogP contribution >= 0.6 is 0 Å². The van der Waals surface area contributed by atoms with Crippen LogP contribution in [0.2, 0.25) is 0 Å². The second-order valence-corrected chi connectivity index (χ2v) is 10.0. The number of fused-ring (bicyclic) bond motifs is 5. The van der Waals surface area contributed by atoms with Crippen molar-refractivity contribution in [2.24, 2.45) is 40.4 Å². The second kappa shape index (κ2) is 5.79. The lowest BCUT2D eigenvalue weighted by Gasteiger charge is -2.58. The number of allylic oxidation sites excluding steroid dienone is 1. The van der Waals surface area contributed by atoms with E-state index in [-0.39, 0.29) is 16.7 Å². The van der Waals surface area contributed by atoms with E-state index < -0.39 is 0 Å². The van der Waals surface area contributed by atoms with Crippen LogP contribution in [0.25, 0.3) is 0 Å². The third-order valence-electron chi connectivity index (χ3n) is 9.10. The van der Waals surface area contributed by atoms with Crippen molar-refractivity contribution >= 4 is 11.6 Å². The van der Waals surface area contributed by atoms with Crippen LogP contribution in [0.3, 0.4) is 0 Å². The van der Waals surface area contributed by atoms with Gasteiger partial charge >= 0.3 is 0 Å². The van der Waals surface area contributed by atoms with Crippen molar-refractivity contribution in [1.82, 2.24) is 0 Å². The van der Waals surface area contributed by atoms with Crippen LogP contribution in [0.1, 0.15) is 79.1 Å². The fraction of sp³-hybridized carbons (Fsp3) is 0.826. The lowest BCUT2D eigenvalue weighted by Crippen LogP contribution is -2.51. The summed E-state index contributed by atoms with van der Waals surface area (Å²) < 4.78 is 0. The Balaban J connectivity index is 1.69. The van der Waals surface area contributed by atoms with Crippen LogP contribution < -0.4 is 0 Å². The van der Waals surface area contributed by atoms with Crippen LogP contribution in [0.15, 0.2) is 11.6 Å². The molecule has 0 radical (unpaired) electrons. The Morgan fingerprint density at radius 2 is 1.92 bits per heavy atom. The Labute approximate surface area is 152 Å². The summed E-state index contributed by atoms with van der Waals surface area (Å²) in [5.74, 6) is 3.83. The molecular weight excluding hydrogens is 308 g/mol. The number of carbonyl (C=O) groups is 2. The van der Waals surface area contributed by atoms with Gasteiger partial charge in [0.1, 0.15) is 5.78 Å². The molecule has 4 aliphatic rings. The Bertz CT molecular complexity index is 632. The minimum Gasteiger partial charge on any atom is -0.300 e. The molecule has 0 aromatic carbocycles. The molecule has 0 heterocycles. The molecule has 0 aliphatic heterocycles. The summed E-state index contributed by atoms with van der Waals surface area (Å²) in [7, 11) is 0. The maximum atomic E-state index is 12.5. The quantitative estimate of drug-likeness (QED) is 0.677. The lowest BCUT2D eigenvalue weighted by molar-refractivity contribution is -0.130. The Morgan fingerprint density at radius 1 is 1.16 bits per heavy atom. The van der Waals surface area contributed by atoms with E-state index in [4.69, 9.17) is 0 Å². The highest BCUT2D eigenvalue weighted by atomic mass is 16.1. The zero-order valence-electron chi connectivity index (χ0n) is 16.4. The molecule has 3 fully saturated rings. The van der Waals surface area contributed by atoms with Gasteiger partial charge in [-0.15, -0.1) is 0 Å². The van der Waals surface area contributed by atoms with Crippen LogP contribution in [0.5, 0.6) is 0 Å². The van der Waals surface area contributed by atoms with Gasteiger partial charge in [0.25, 0.3) is 0 Å². The maximum absolute atomic E-state index is 12.5. The van der Waals surface area contributed by atoms with Crippen molar-refractivity contribution < 1.29 is 9.59 Å². The van der Waals surface area contributed by atoms with Crippen molar-refractivity contribution in [3.05, 3.63) is 11.6 Å². The monoisotopic (exact) mass is 342 g/mol. The van der Waals surface area contributed by atoms with E-state index in [1.807, 2.05) is 13.0 Å². The van der Waals surface area contributed by atoms with Gasteiger partial charge in [-0.3, -0.25) is 9.59 Å². The number of carbonyl (C=O) groups excluding carboxylic acids is 2. The first-order valence-electron chi connectivity index (χ1n) is 10.6. The predicted molar refractivity (Wildman–Crippen MR) is 100 cm³/mol. The molecule has 138 valence electrons. The van der Waals surface area contributed by atoms with Gasteiger partial charge in [-0.2, -0.15) is 0 Å². The van der Waals surface area contributed by atoms with E-state index >= 15 is 0 Å². The minimum atomic E-state index is 0.218. The molecule has 0 aromatic rings. The second-order valence-electron chi connectivity index (χ2n) is 10.0. The molecule has 0 unspecified atom stereocenters. The van der Waals surface area contributed by atoms with Crippen molar-refractivity contribution in [3.8, 4) is 0 Å². The first-order valence-corrected chi connectivity index (χ1v) is 10.6. The minimum absolute atomic E-state index is 0.218. The van der Waals surface area contributed by atoms with Gasteiger partial charge in [0.2, 0.25) is 0 Å². The predicted octanol–water partition coefficient (Wildman–Crippen LogP) is 5.36. The van der Waals surface area contributed by atoms with Crippen LogP contribution in [0.4, 0.5) is 0 Å². The molecule has 7 atom stereocenters. The first kappa shape index (κ1) is 17.5. The molecule has 4 aliphatic carbocycles. The Hall–Kier alpha value is -0.920. The summed E-state index contributed by atoms with van der Waals surface area (Å²) in [6.07, 6.45) is 11.0. The summed E-state index contributed by atoms with van der Waals surface area (Å²) in [4.78, 5) is 24.5. The standard InChI is InChI=1S/C23H34O2/c1-5-15-12-20-18-7-6-16-13-17(25)8-10-22(16,3)19(18)9-11-23(20,4)21(15)14(2)24/h13,15,18-21H,5-12H2,1-4H3/t15-,18+,19+,20-,21+,22+,23+/m0/s1. The van der Waals surface area contributed by atoms with Gasteiger partial charge in [-0.25, -0.2) is 0 Å². The molecule has 0 spiro atoms. The van der Waals surface area contributed by atoms with Gasteiger partial charge in [0.15, 0.2) is 5.78 Å². The Morgan fingerprint density at radius 3 is 2.60 bits per heavy atom. The van der Waals surface area contributed by atoms with Gasteiger partial charge in [-0.05, 0) is 86.0 Å². The zero-order valence-corrected chi connectivity index (χ0v) is 16.4. The molecule has 0 bridgehead atoms. The largest absolute Gasteiger partial charge is 0.300 e. The Kier molecular flexibility index (Phi) is 4.05. The summed E-state index contributed by atoms with van der Waals surface area (Å²) >= 11 is 0. The van der Waals surface area contributed by atoms with Crippen molar-refractivity contribution in [2.75, 3.05) is 0 Å². The van der Waals surface area contributed by atoms with Gasteiger partial charge in [0.05, 0.1) is 0 Å².